The summed E-state index contributed by atoms with van der Waals surface area (Å²) in [6, 6.07) is 7.76. The normalized spacial score (nSPS) is 10.7. The van der Waals surface area contributed by atoms with Crippen molar-refractivity contribution in [3.05, 3.63) is 57.2 Å². The Balaban J connectivity index is 2.06. The number of nitrogens with zero attached hydrogens (tertiary/aromatic N) is 3. The second kappa shape index (κ2) is 4.61. The number of aromatic amines is 1. The summed E-state index contributed by atoms with van der Waals surface area (Å²) in [5.41, 5.74) is 0.787. The molecule has 20 heavy (non-hydrogen) atoms. The van der Waals surface area contributed by atoms with Gasteiger partial charge in [0.25, 0.3) is 11.4 Å². The zero-order valence-electron chi connectivity index (χ0n) is 10.5. The monoisotopic (exact) mass is 270 g/mol. The number of aromatic nitrogens is 4. The van der Waals surface area contributed by atoms with Gasteiger partial charge in [-0.3, -0.25) is 9.59 Å². The summed E-state index contributed by atoms with van der Waals surface area (Å²) in [6.45, 7) is 0. The average molecular weight is 270 g/mol. The van der Waals surface area contributed by atoms with Gasteiger partial charge in [-0.25, -0.2) is 0 Å². The van der Waals surface area contributed by atoms with Crippen molar-refractivity contribution in [2.45, 2.75) is 0 Å². The van der Waals surface area contributed by atoms with E-state index in [1.165, 1.54) is 22.9 Å². The van der Waals surface area contributed by atoms with Gasteiger partial charge >= 0.3 is 0 Å². The van der Waals surface area contributed by atoms with Gasteiger partial charge in [0.05, 0.1) is 0 Å². The number of hydrogen-bond donors (Lipinski definition) is 1. The largest absolute Gasteiger partial charge is 0.332 e. The van der Waals surface area contributed by atoms with Gasteiger partial charge in [-0.15, -0.1) is 0 Å². The molecule has 0 atom stereocenters. The molecule has 0 saturated heterocycles. The minimum atomic E-state index is -0.206. The molecule has 3 rings (SSSR count). The Morgan fingerprint density at radius 3 is 2.80 bits per heavy atom. The molecule has 0 aliphatic heterocycles. The lowest BCUT2D eigenvalue weighted by atomic mass is 10.3. The van der Waals surface area contributed by atoms with E-state index in [1.54, 1.807) is 25.2 Å². The van der Waals surface area contributed by atoms with Gasteiger partial charge in [0, 0.05) is 30.9 Å². The van der Waals surface area contributed by atoms with Crippen LogP contribution in [-0.2, 0) is 7.05 Å². The molecular weight excluding hydrogens is 260 g/mol. The summed E-state index contributed by atoms with van der Waals surface area (Å²) in [4.78, 5) is 29.3. The number of H-pyrrole nitrogens is 1. The molecule has 3 aromatic rings. The van der Waals surface area contributed by atoms with Gasteiger partial charge in [0.1, 0.15) is 5.69 Å². The van der Waals surface area contributed by atoms with E-state index in [0.29, 0.717) is 17.1 Å². The highest BCUT2D eigenvalue weighted by atomic mass is 16.5. The molecule has 7 nitrogen and oxygen atoms in total. The van der Waals surface area contributed by atoms with Crippen molar-refractivity contribution in [1.82, 2.24) is 19.7 Å². The van der Waals surface area contributed by atoms with Crippen LogP contribution in [0.25, 0.3) is 23.0 Å². The Morgan fingerprint density at radius 1 is 1.20 bits per heavy atom. The molecule has 3 heterocycles. The Bertz CT molecular complexity index is 855. The molecule has 0 aliphatic rings. The minimum Gasteiger partial charge on any atom is -0.332 e. The van der Waals surface area contributed by atoms with E-state index < -0.39 is 0 Å². The van der Waals surface area contributed by atoms with Gasteiger partial charge in [-0.1, -0.05) is 11.2 Å². The molecule has 0 amide bonds. The van der Waals surface area contributed by atoms with E-state index in [1.807, 2.05) is 0 Å². The zero-order valence-corrected chi connectivity index (χ0v) is 10.5. The van der Waals surface area contributed by atoms with Crippen molar-refractivity contribution >= 4 is 0 Å². The fraction of sp³-hybridized carbons (Fsp3) is 0.0769. The highest BCUT2D eigenvalue weighted by Gasteiger charge is 2.13. The van der Waals surface area contributed by atoms with Gasteiger partial charge in [-0.05, 0) is 12.1 Å². The van der Waals surface area contributed by atoms with Crippen LogP contribution in [0.2, 0.25) is 0 Å². The van der Waals surface area contributed by atoms with Crippen LogP contribution in [0.15, 0.2) is 50.6 Å². The van der Waals surface area contributed by atoms with Crippen molar-refractivity contribution in [2.24, 2.45) is 7.05 Å². The predicted molar refractivity (Wildman–Crippen MR) is 71.0 cm³/mol. The van der Waals surface area contributed by atoms with Gasteiger partial charge in [0.15, 0.2) is 0 Å². The number of pyridine rings is 2. The summed E-state index contributed by atoms with van der Waals surface area (Å²) >= 11 is 0. The van der Waals surface area contributed by atoms with Crippen LogP contribution in [0, 0.1) is 0 Å². The Hall–Kier alpha value is -2.96. The zero-order chi connectivity index (χ0) is 14.1. The van der Waals surface area contributed by atoms with E-state index in [2.05, 4.69) is 15.1 Å². The van der Waals surface area contributed by atoms with E-state index in [-0.39, 0.29) is 17.0 Å². The smallest absolute Gasteiger partial charge is 0.274 e. The van der Waals surface area contributed by atoms with Crippen LogP contribution in [0.4, 0.5) is 0 Å². The van der Waals surface area contributed by atoms with Crippen molar-refractivity contribution in [1.29, 1.82) is 0 Å². The number of nitrogens with one attached hydrogen (secondary N) is 1. The molecule has 0 radical (unpaired) electrons. The third-order valence-corrected chi connectivity index (χ3v) is 2.87. The summed E-state index contributed by atoms with van der Waals surface area (Å²) in [5.74, 6) is 0.582. The van der Waals surface area contributed by atoms with Crippen LogP contribution in [0.5, 0.6) is 0 Å². The molecule has 0 saturated carbocycles. The first-order valence-electron chi connectivity index (χ1n) is 5.84. The molecule has 0 spiro atoms. The molecule has 3 aromatic heterocycles. The molecular formula is C13H10N4O3. The molecule has 1 N–H and O–H groups in total. The van der Waals surface area contributed by atoms with Crippen molar-refractivity contribution < 1.29 is 4.52 Å². The van der Waals surface area contributed by atoms with Crippen LogP contribution >= 0.6 is 0 Å². The molecule has 100 valence electrons. The minimum absolute atomic E-state index is 0.161. The second-order valence-electron chi connectivity index (χ2n) is 4.17. The molecule has 0 aliphatic carbocycles. The standard InChI is InChI=1S/C13H10N4O3/c1-17-9(3-2-4-11(17)19)13-15-12(16-20-13)8-5-6-10(18)14-7-8/h2-7H,1H3,(H,14,18). The van der Waals surface area contributed by atoms with Gasteiger partial charge < -0.3 is 14.1 Å². The van der Waals surface area contributed by atoms with Gasteiger partial charge in [-0.2, -0.15) is 4.98 Å². The first kappa shape index (κ1) is 12.1. The SMILES string of the molecule is Cn1c(-c2nc(-c3ccc(=O)[nH]c3)no2)cccc1=O. The molecule has 7 heteroatoms. The maximum atomic E-state index is 11.6. The third kappa shape index (κ3) is 2.05. The summed E-state index contributed by atoms with van der Waals surface area (Å²) in [7, 11) is 1.63. The van der Waals surface area contributed by atoms with E-state index >= 15 is 0 Å². The van der Waals surface area contributed by atoms with Crippen molar-refractivity contribution in [3.8, 4) is 23.0 Å². The maximum absolute atomic E-state index is 11.6. The molecule has 0 unspecified atom stereocenters. The highest BCUT2D eigenvalue weighted by Crippen LogP contribution is 2.19. The second-order valence-corrected chi connectivity index (χ2v) is 4.17. The predicted octanol–water partition coefficient (Wildman–Crippen LogP) is 0.791. The van der Waals surface area contributed by atoms with Gasteiger partial charge in [0.2, 0.25) is 11.4 Å². The fourth-order valence-electron chi connectivity index (χ4n) is 1.77. The summed E-state index contributed by atoms with van der Waals surface area (Å²) < 4.78 is 6.58. The van der Waals surface area contributed by atoms with E-state index in [0.717, 1.165) is 0 Å². The Morgan fingerprint density at radius 2 is 2.05 bits per heavy atom. The van der Waals surface area contributed by atoms with E-state index in [9.17, 15) is 9.59 Å². The lowest BCUT2D eigenvalue weighted by Crippen LogP contribution is -2.16. The fourth-order valence-corrected chi connectivity index (χ4v) is 1.77. The molecule has 0 fully saturated rings. The molecule has 0 aromatic carbocycles. The quantitative estimate of drug-likeness (QED) is 0.743. The number of rotatable bonds is 2. The summed E-state index contributed by atoms with van der Waals surface area (Å²) in [5, 5.41) is 3.84. The Kier molecular flexibility index (Phi) is 2.79. The van der Waals surface area contributed by atoms with Crippen LogP contribution in [-0.4, -0.2) is 19.7 Å². The first-order chi connectivity index (χ1) is 9.65. The first-order valence-corrected chi connectivity index (χ1v) is 5.84. The molecule has 0 bridgehead atoms. The topological polar surface area (TPSA) is 93.8 Å². The summed E-state index contributed by atoms with van der Waals surface area (Å²) in [6.07, 6.45) is 1.50. The number of hydrogen-bond acceptors (Lipinski definition) is 5. The maximum Gasteiger partial charge on any atom is 0.274 e. The lowest BCUT2D eigenvalue weighted by molar-refractivity contribution is 0.429. The third-order valence-electron chi connectivity index (χ3n) is 2.87. The van der Waals surface area contributed by atoms with Crippen molar-refractivity contribution in [2.75, 3.05) is 0 Å². The Labute approximate surface area is 112 Å². The van der Waals surface area contributed by atoms with Crippen LogP contribution in [0.3, 0.4) is 0 Å². The highest BCUT2D eigenvalue weighted by molar-refractivity contribution is 5.56. The average Bonchev–Trinajstić information content (AvgIpc) is 2.92. The van der Waals surface area contributed by atoms with Crippen molar-refractivity contribution in [3.63, 3.8) is 0 Å². The lowest BCUT2D eigenvalue weighted by Gasteiger charge is -2.01. The van der Waals surface area contributed by atoms with E-state index in [4.69, 9.17) is 4.52 Å². The van der Waals surface area contributed by atoms with Crippen LogP contribution < -0.4 is 11.1 Å². The van der Waals surface area contributed by atoms with Crippen LogP contribution in [0.1, 0.15) is 0 Å².